The van der Waals surface area contributed by atoms with Crippen LogP contribution in [-0.2, 0) is 6.54 Å². The Labute approximate surface area is 122 Å². The Bertz CT molecular complexity index is 414. The number of hydrogen-bond acceptors (Lipinski definition) is 4. The number of benzene rings is 1. The molecule has 112 valence electrons. The first-order valence-electron chi connectivity index (χ1n) is 7.47. The second kappa shape index (κ2) is 7.62. The fourth-order valence-corrected chi connectivity index (χ4v) is 2.53. The Kier molecular flexibility index (Phi) is 5.83. The molecule has 0 saturated carbocycles. The first-order valence-corrected chi connectivity index (χ1v) is 7.47. The lowest BCUT2D eigenvalue weighted by molar-refractivity contribution is 0.133. The van der Waals surface area contributed by atoms with Crippen LogP contribution in [0.5, 0.6) is 5.75 Å². The molecule has 20 heavy (non-hydrogen) atoms. The number of piperazine rings is 1. The van der Waals surface area contributed by atoms with Crippen molar-refractivity contribution in [2.24, 2.45) is 0 Å². The lowest BCUT2D eigenvalue weighted by Gasteiger charge is -2.32. The predicted octanol–water partition coefficient (Wildman–Crippen LogP) is 1.34. The van der Waals surface area contributed by atoms with Crippen LogP contribution < -0.4 is 10.1 Å². The van der Waals surface area contributed by atoms with E-state index < -0.39 is 0 Å². The molecule has 1 saturated heterocycles. The summed E-state index contributed by atoms with van der Waals surface area (Å²) in [4.78, 5) is 4.86. The molecule has 1 fully saturated rings. The van der Waals surface area contributed by atoms with Crippen molar-refractivity contribution in [3.05, 3.63) is 29.3 Å². The summed E-state index contributed by atoms with van der Waals surface area (Å²) in [7, 11) is 4.15. The maximum Gasteiger partial charge on any atom is 0.123 e. The lowest BCUT2D eigenvalue weighted by atomic mass is 10.1. The van der Waals surface area contributed by atoms with Gasteiger partial charge in [0.15, 0.2) is 0 Å². The molecule has 0 aromatic heterocycles. The molecule has 0 unspecified atom stereocenters. The van der Waals surface area contributed by atoms with Crippen molar-refractivity contribution in [3.63, 3.8) is 0 Å². The molecule has 1 aromatic carbocycles. The molecule has 0 radical (unpaired) electrons. The molecular weight excluding hydrogens is 250 g/mol. The van der Waals surface area contributed by atoms with Crippen molar-refractivity contribution < 1.29 is 4.74 Å². The molecule has 4 heteroatoms. The maximum absolute atomic E-state index is 5.98. The van der Waals surface area contributed by atoms with E-state index in [0.29, 0.717) is 0 Å². The Balaban J connectivity index is 1.81. The lowest BCUT2D eigenvalue weighted by Crippen LogP contribution is -2.45. The molecule has 1 heterocycles. The van der Waals surface area contributed by atoms with E-state index >= 15 is 0 Å². The summed E-state index contributed by atoms with van der Waals surface area (Å²) in [5, 5.41) is 3.20. The summed E-state index contributed by atoms with van der Waals surface area (Å²) >= 11 is 0. The van der Waals surface area contributed by atoms with Gasteiger partial charge in [-0.1, -0.05) is 17.7 Å². The second-order valence-corrected chi connectivity index (χ2v) is 5.63. The number of hydrogen-bond donors (Lipinski definition) is 1. The Morgan fingerprint density at radius 2 is 1.95 bits per heavy atom. The monoisotopic (exact) mass is 277 g/mol. The van der Waals surface area contributed by atoms with E-state index in [0.717, 1.165) is 51.6 Å². The first-order chi connectivity index (χ1) is 9.69. The zero-order valence-electron chi connectivity index (χ0n) is 13.0. The van der Waals surface area contributed by atoms with Crippen LogP contribution in [0.25, 0.3) is 0 Å². The van der Waals surface area contributed by atoms with Crippen LogP contribution in [0.4, 0.5) is 0 Å². The number of likely N-dealkylation sites (N-methyl/N-ethyl adjacent to an activating group) is 1. The van der Waals surface area contributed by atoms with Crippen molar-refractivity contribution in [2.75, 3.05) is 53.4 Å². The smallest absolute Gasteiger partial charge is 0.123 e. The van der Waals surface area contributed by atoms with E-state index in [4.69, 9.17) is 4.74 Å². The van der Waals surface area contributed by atoms with Crippen LogP contribution >= 0.6 is 0 Å². The molecule has 1 aliphatic heterocycles. The van der Waals surface area contributed by atoms with Gasteiger partial charge < -0.3 is 15.0 Å². The van der Waals surface area contributed by atoms with Crippen LogP contribution in [0.1, 0.15) is 11.1 Å². The van der Waals surface area contributed by atoms with Crippen LogP contribution in [0.2, 0.25) is 0 Å². The van der Waals surface area contributed by atoms with E-state index in [9.17, 15) is 0 Å². The van der Waals surface area contributed by atoms with Gasteiger partial charge in [-0.2, -0.15) is 0 Å². The van der Waals surface area contributed by atoms with Gasteiger partial charge in [-0.05, 0) is 27.1 Å². The highest BCUT2D eigenvalue weighted by Crippen LogP contribution is 2.20. The van der Waals surface area contributed by atoms with Crippen molar-refractivity contribution in [1.82, 2.24) is 15.1 Å². The Morgan fingerprint density at radius 3 is 2.65 bits per heavy atom. The number of nitrogens with zero attached hydrogens (tertiary/aromatic N) is 2. The van der Waals surface area contributed by atoms with E-state index in [-0.39, 0.29) is 0 Å². The third kappa shape index (κ3) is 4.47. The van der Waals surface area contributed by atoms with Gasteiger partial charge in [-0.15, -0.1) is 0 Å². The van der Waals surface area contributed by atoms with Gasteiger partial charge in [-0.25, -0.2) is 0 Å². The number of aryl methyl sites for hydroxylation is 1. The third-order valence-electron chi connectivity index (χ3n) is 3.84. The second-order valence-electron chi connectivity index (χ2n) is 5.63. The van der Waals surface area contributed by atoms with Gasteiger partial charge in [0.2, 0.25) is 0 Å². The van der Waals surface area contributed by atoms with Gasteiger partial charge in [0.1, 0.15) is 12.4 Å². The minimum atomic E-state index is 0.767. The van der Waals surface area contributed by atoms with E-state index in [1.165, 1.54) is 11.1 Å². The van der Waals surface area contributed by atoms with Gasteiger partial charge in [0, 0.05) is 44.8 Å². The topological polar surface area (TPSA) is 27.7 Å². The van der Waals surface area contributed by atoms with Crippen molar-refractivity contribution >= 4 is 0 Å². The predicted molar refractivity (Wildman–Crippen MR) is 83.4 cm³/mol. The average Bonchev–Trinajstić information content (AvgIpc) is 2.44. The van der Waals surface area contributed by atoms with E-state index in [1.54, 1.807) is 0 Å². The standard InChI is InChI=1S/C16H27N3O/c1-14-4-5-16(15(12-14)13-17-2)20-11-10-19-8-6-18(3)7-9-19/h4-5,12,17H,6-11,13H2,1-3H3. The number of nitrogens with one attached hydrogen (secondary N) is 1. The fourth-order valence-electron chi connectivity index (χ4n) is 2.53. The molecular formula is C16H27N3O. The summed E-state index contributed by atoms with van der Waals surface area (Å²) in [6.45, 7) is 9.38. The molecule has 0 bridgehead atoms. The molecule has 1 aromatic rings. The quantitative estimate of drug-likeness (QED) is 0.849. The van der Waals surface area contributed by atoms with Crippen LogP contribution in [-0.4, -0.2) is 63.2 Å². The largest absolute Gasteiger partial charge is 0.492 e. The van der Waals surface area contributed by atoms with Crippen molar-refractivity contribution in [3.8, 4) is 5.75 Å². The van der Waals surface area contributed by atoms with Crippen LogP contribution in [0.3, 0.4) is 0 Å². The fraction of sp³-hybridized carbons (Fsp3) is 0.625. The normalized spacial score (nSPS) is 17.4. The van der Waals surface area contributed by atoms with Crippen molar-refractivity contribution in [2.45, 2.75) is 13.5 Å². The third-order valence-corrected chi connectivity index (χ3v) is 3.84. The van der Waals surface area contributed by atoms with Gasteiger partial charge >= 0.3 is 0 Å². The Morgan fingerprint density at radius 1 is 1.20 bits per heavy atom. The minimum absolute atomic E-state index is 0.767. The van der Waals surface area contributed by atoms with Crippen LogP contribution in [0, 0.1) is 6.92 Å². The molecule has 2 rings (SSSR count). The summed E-state index contributed by atoms with van der Waals surface area (Å²) in [6.07, 6.45) is 0. The summed E-state index contributed by atoms with van der Waals surface area (Å²) in [5.74, 6) is 1.01. The average molecular weight is 277 g/mol. The minimum Gasteiger partial charge on any atom is -0.492 e. The molecule has 0 amide bonds. The summed E-state index contributed by atoms with van der Waals surface area (Å²) in [5.41, 5.74) is 2.52. The molecule has 0 spiro atoms. The highest BCUT2D eigenvalue weighted by molar-refractivity contribution is 5.36. The Hall–Kier alpha value is -1.10. The molecule has 1 N–H and O–H groups in total. The first kappa shape index (κ1) is 15.3. The van der Waals surface area contributed by atoms with Crippen LogP contribution in [0.15, 0.2) is 18.2 Å². The molecule has 4 nitrogen and oxygen atoms in total. The van der Waals surface area contributed by atoms with E-state index in [1.807, 2.05) is 7.05 Å². The highest BCUT2D eigenvalue weighted by Gasteiger charge is 2.13. The number of ether oxygens (including phenoxy) is 1. The van der Waals surface area contributed by atoms with Gasteiger partial charge in [0.25, 0.3) is 0 Å². The highest BCUT2D eigenvalue weighted by atomic mass is 16.5. The number of rotatable bonds is 6. The molecule has 0 atom stereocenters. The zero-order chi connectivity index (χ0) is 14.4. The van der Waals surface area contributed by atoms with Gasteiger partial charge in [-0.3, -0.25) is 4.90 Å². The summed E-state index contributed by atoms with van der Waals surface area (Å²) < 4.78 is 5.98. The molecule has 1 aliphatic rings. The SMILES string of the molecule is CNCc1cc(C)ccc1OCCN1CCN(C)CC1. The molecule has 0 aliphatic carbocycles. The van der Waals surface area contributed by atoms with Gasteiger partial charge in [0.05, 0.1) is 0 Å². The van der Waals surface area contributed by atoms with E-state index in [2.05, 4.69) is 47.3 Å². The van der Waals surface area contributed by atoms with Crippen molar-refractivity contribution in [1.29, 1.82) is 0 Å². The maximum atomic E-state index is 5.98. The zero-order valence-corrected chi connectivity index (χ0v) is 13.0. The summed E-state index contributed by atoms with van der Waals surface area (Å²) in [6, 6.07) is 6.40.